The van der Waals surface area contributed by atoms with Gasteiger partial charge in [-0.05, 0) is 31.7 Å². The Kier molecular flexibility index (Phi) is 3.51. The number of rotatable bonds is 2. The Morgan fingerprint density at radius 3 is 2.46 bits per heavy atom. The maximum atomic E-state index is 5.89. The molecule has 2 heteroatoms. The molecule has 2 aliphatic rings. The highest BCUT2D eigenvalue weighted by atomic mass is 35.5. The maximum Gasteiger partial charge on any atom is 0.0264 e. The van der Waals surface area contributed by atoms with E-state index in [1.807, 2.05) is 0 Å². The van der Waals surface area contributed by atoms with Crippen LogP contribution in [0.1, 0.15) is 38.5 Å². The summed E-state index contributed by atoms with van der Waals surface area (Å²) < 4.78 is 0. The number of hydrogen-bond donors (Lipinski definition) is 0. The standard InChI is InChI=1S/C11H20ClN/c12-8-10-6-7-13(9-10)11-4-2-1-3-5-11/h10-11H,1-9H2/t10-/m0/s1. The molecule has 1 heterocycles. The monoisotopic (exact) mass is 201 g/mol. The Balaban J connectivity index is 1.80. The van der Waals surface area contributed by atoms with Crippen LogP contribution in [0.5, 0.6) is 0 Å². The molecule has 0 aromatic carbocycles. The summed E-state index contributed by atoms with van der Waals surface area (Å²) in [6.07, 6.45) is 8.58. The molecular formula is C11H20ClN. The second-order valence-corrected chi connectivity index (χ2v) is 4.90. The Bertz CT molecular complexity index is 154. The number of hydrogen-bond acceptors (Lipinski definition) is 1. The molecule has 76 valence electrons. The van der Waals surface area contributed by atoms with Gasteiger partial charge in [-0.1, -0.05) is 19.3 Å². The molecule has 1 saturated carbocycles. The minimum atomic E-state index is 0.781. The third-order valence-electron chi connectivity index (χ3n) is 3.63. The van der Waals surface area contributed by atoms with E-state index in [4.69, 9.17) is 11.6 Å². The van der Waals surface area contributed by atoms with Crippen molar-refractivity contribution in [3.63, 3.8) is 0 Å². The van der Waals surface area contributed by atoms with E-state index in [9.17, 15) is 0 Å². The minimum Gasteiger partial charge on any atom is -0.300 e. The molecule has 1 saturated heterocycles. The van der Waals surface area contributed by atoms with Gasteiger partial charge in [-0.25, -0.2) is 0 Å². The molecule has 0 bridgehead atoms. The quantitative estimate of drug-likeness (QED) is 0.622. The van der Waals surface area contributed by atoms with E-state index in [1.165, 1.54) is 51.6 Å². The van der Waals surface area contributed by atoms with Crippen LogP contribution in [0.4, 0.5) is 0 Å². The average Bonchev–Trinajstić information content (AvgIpc) is 2.67. The normalized spacial score (nSPS) is 32.5. The fourth-order valence-corrected chi connectivity index (χ4v) is 3.02. The molecule has 0 N–H and O–H groups in total. The summed E-state index contributed by atoms with van der Waals surface area (Å²) in [4.78, 5) is 2.69. The van der Waals surface area contributed by atoms with Crippen molar-refractivity contribution in [2.24, 2.45) is 5.92 Å². The highest BCUT2D eigenvalue weighted by Gasteiger charge is 2.28. The van der Waals surface area contributed by atoms with Crippen LogP contribution in [0, 0.1) is 5.92 Å². The molecule has 0 aromatic heterocycles. The van der Waals surface area contributed by atoms with Gasteiger partial charge >= 0.3 is 0 Å². The maximum absolute atomic E-state index is 5.89. The van der Waals surface area contributed by atoms with Crippen molar-refractivity contribution >= 4 is 11.6 Å². The Morgan fingerprint density at radius 1 is 1.08 bits per heavy atom. The predicted molar refractivity (Wildman–Crippen MR) is 57.3 cm³/mol. The van der Waals surface area contributed by atoms with Crippen molar-refractivity contribution in [3.8, 4) is 0 Å². The summed E-state index contributed by atoms with van der Waals surface area (Å²) in [6, 6.07) is 0.905. The first kappa shape index (κ1) is 9.79. The van der Waals surface area contributed by atoms with Crippen molar-refractivity contribution in [3.05, 3.63) is 0 Å². The molecule has 2 fully saturated rings. The van der Waals surface area contributed by atoms with Crippen molar-refractivity contribution in [2.45, 2.75) is 44.6 Å². The van der Waals surface area contributed by atoms with Gasteiger partial charge in [0.05, 0.1) is 0 Å². The zero-order valence-corrected chi connectivity index (χ0v) is 9.10. The highest BCUT2D eigenvalue weighted by molar-refractivity contribution is 6.18. The molecule has 0 aromatic rings. The Labute approximate surface area is 86.4 Å². The van der Waals surface area contributed by atoms with E-state index >= 15 is 0 Å². The average molecular weight is 202 g/mol. The molecule has 1 aliphatic carbocycles. The lowest BCUT2D eigenvalue weighted by Crippen LogP contribution is -2.35. The van der Waals surface area contributed by atoms with E-state index in [0.29, 0.717) is 0 Å². The molecular weight excluding hydrogens is 182 g/mol. The van der Waals surface area contributed by atoms with Crippen LogP contribution in [0.25, 0.3) is 0 Å². The molecule has 0 spiro atoms. The Hall–Kier alpha value is 0.250. The second kappa shape index (κ2) is 4.65. The third-order valence-corrected chi connectivity index (χ3v) is 4.06. The second-order valence-electron chi connectivity index (χ2n) is 4.60. The smallest absolute Gasteiger partial charge is 0.0264 e. The van der Waals surface area contributed by atoms with Crippen molar-refractivity contribution in [1.29, 1.82) is 0 Å². The zero-order chi connectivity index (χ0) is 9.10. The van der Waals surface area contributed by atoms with E-state index in [1.54, 1.807) is 0 Å². The number of halogens is 1. The molecule has 0 radical (unpaired) electrons. The molecule has 13 heavy (non-hydrogen) atoms. The SMILES string of the molecule is ClC[C@@H]1CCN(C2CCCCC2)C1. The molecule has 0 amide bonds. The Morgan fingerprint density at radius 2 is 1.85 bits per heavy atom. The fraction of sp³-hybridized carbons (Fsp3) is 1.00. The van der Waals surface area contributed by atoms with Crippen LogP contribution in [-0.4, -0.2) is 29.9 Å². The third kappa shape index (κ3) is 2.38. The lowest BCUT2D eigenvalue weighted by Gasteiger charge is -2.30. The van der Waals surface area contributed by atoms with Crippen LogP contribution < -0.4 is 0 Å². The van der Waals surface area contributed by atoms with Gasteiger partial charge in [-0.15, -0.1) is 11.6 Å². The molecule has 1 atom stereocenters. The first-order chi connectivity index (χ1) is 6.40. The van der Waals surface area contributed by atoms with Gasteiger partial charge in [0.15, 0.2) is 0 Å². The zero-order valence-electron chi connectivity index (χ0n) is 8.34. The summed E-state index contributed by atoms with van der Waals surface area (Å²) in [7, 11) is 0. The lowest BCUT2D eigenvalue weighted by atomic mass is 9.94. The van der Waals surface area contributed by atoms with Crippen molar-refractivity contribution < 1.29 is 0 Å². The molecule has 1 nitrogen and oxygen atoms in total. The first-order valence-corrected chi connectivity index (χ1v) is 6.23. The summed E-state index contributed by atoms with van der Waals surface area (Å²) in [5.41, 5.74) is 0. The van der Waals surface area contributed by atoms with Gasteiger partial charge in [-0.2, -0.15) is 0 Å². The number of nitrogens with zero attached hydrogens (tertiary/aromatic N) is 1. The summed E-state index contributed by atoms with van der Waals surface area (Å²) in [6.45, 7) is 2.58. The molecule has 0 unspecified atom stereocenters. The molecule has 1 aliphatic heterocycles. The van der Waals surface area contributed by atoms with Gasteiger partial charge in [-0.3, -0.25) is 0 Å². The number of likely N-dealkylation sites (tertiary alicyclic amines) is 1. The van der Waals surface area contributed by atoms with Gasteiger partial charge in [0, 0.05) is 18.5 Å². The van der Waals surface area contributed by atoms with Crippen molar-refractivity contribution in [1.82, 2.24) is 4.90 Å². The highest BCUT2D eigenvalue weighted by Crippen LogP contribution is 2.27. The largest absolute Gasteiger partial charge is 0.300 e. The van der Waals surface area contributed by atoms with Gasteiger partial charge in [0.2, 0.25) is 0 Å². The van der Waals surface area contributed by atoms with Crippen LogP contribution in [0.3, 0.4) is 0 Å². The first-order valence-electron chi connectivity index (χ1n) is 5.70. The van der Waals surface area contributed by atoms with Crippen molar-refractivity contribution in [2.75, 3.05) is 19.0 Å². The van der Waals surface area contributed by atoms with Crippen LogP contribution in [-0.2, 0) is 0 Å². The number of alkyl halides is 1. The predicted octanol–water partition coefficient (Wildman–Crippen LogP) is 2.88. The van der Waals surface area contributed by atoms with Crippen LogP contribution in [0.2, 0.25) is 0 Å². The summed E-state index contributed by atoms with van der Waals surface area (Å²) >= 11 is 5.89. The van der Waals surface area contributed by atoms with Crippen LogP contribution in [0.15, 0.2) is 0 Å². The van der Waals surface area contributed by atoms with Gasteiger partial charge in [0.1, 0.15) is 0 Å². The van der Waals surface area contributed by atoms with E-state index in [2.05, 4.69) is 4.90 Å². The van der Waals surface area contributed by atoms with Crippen LogP contribution >= 0.6 is 11.6 Å². The van der Waals surface area contributed by atoms with E-state index < -0.39 is 0 Å². The van der Waals surface area contributed by atoms with E-state index in [-0.39, 0.29) is 0 Å². The summed E-state index contributed by atoms with van der Waals surface area (Å²) in [5, 5.41) is 0. The topological polar surface area (TPSA) is 3.24 Å². The minimum absolute atomic E-state index is 0.781. The lowest BCUT2D eigenvalue weighted by molar-refractivity contribution is 0.186. The summed E-state index contributed by atoms with van der Waals surface area (Å²) in [5.74, 6) is 1.65. The van der Waals surface area contributed by atoms with E-state index in [0.717, 1.165) is 17.8 Å². The molecule has 2 rings (SSSR count). The fourth-order valence-electron chi connectivity index (χ4n) is 2.77. The van der Waals surface area contributed by atoms with Gasteiger partial charge < -0.3 is 4.90 Å². The van der Waals surface area contributed by atoms with Gasteiger partial charge in [0.25, 0.3) is 0 Å².